The van der Waals surface area contributed by atoms with E-state index in [4.69, 9.17) is 4.74 Å². The number of aromatic nitrogens is 1. The molecule has 1 aromatic carbocycles. The molecule has 0 N–H and O–H groups in total. The van der Waals surface area contributed by atoms with Gasteiger partial charge in [0.15, 0.2) is 0 Å². The van der Waals surface area contributed by atoms with Crippen LogP contribution in [0.2, 0.25) is 0 Å². The molecule has 0 amide bonds. The van der Waals surface area contributed by atoms with Gasteiger partial charge in [-0.05, 0) is 29.7 Å². The van der Waals surface area contributed by atoms with Gasteiger partial charge in [0.25, 0.3) is 0 Å². The highest BCUT2D eigenvalue weighted by Gasteiger charge is 2.23. The minimum atomic E-state index is -0.0452. The van der Waals surface area contributed by atoms with Crippen molar-refractivity contribution in [2.45, 2.75) is 19.8 Å². The van der Waals surface area contributed by atoms with E-state index in [1.807, 2.05) is 37.3 Å². The van der Waals surface area contributed by atoms with Crippen molar-refractivity contribution in [2.24, 2.45) is 0 Å². The molecule has 1 aromatic heterocycles. The maximum absolute atomic E-state index is 12.6. The second-order valence-electron chi connectivity index (χ2n) is 4.59. The highest BCUT2D eigenvalue weighted by molar-refractivity contribution is 6.10. The fourth-order valence-corrected chi connectivity index (χ4v) is 2.45. The van der Waals surface area contributed by atoms with Gasteiger partial charge in [-0.25, -0.2) is 0 Å². The van der Waals surface area contributed by atoms with Crippen molar-refractivity contribution < 1.29 is 9.53 Å². The van der Waals surface area contributed by atoms with E-state index in [1.165, 1.54) is 0 Å². The molecule has 3 nitrogen and oxygen atoms in total. The van der Waals surface area contributed by atoms with Crippen LogP contribution in [-0.2, 0) is 12.8 Å². The molecule has 0 bridgehead atoms. The summed E-state index contributed by atoms with van der Waals surface area (Å²) in [6, 6.07) is 9.56. The van der Waals surface area contributed by atoms with E-state index in [2.05, 4.69) is 4.98 Å². The summed E-state index contributed by atoms with van der Waals surface area (Å²) in [6.07, 6.45) is 3.33. The number of nitrogens with zero attached hydrogens (tertiary/aromatic N) is 1. The number of rotatable bonds is 3. The molecule has 0 radical (unpaired) electrons. The molecule has 0 fully saturated rings. The normalized spacial score (nSPS) is 12.9. The highest BCUT2D eigenvalue weighted by Crippen LogP contribution is 2.31. The Kier molecular flexibility index (Phi) is 3.03. The second kappa shape index (κ2) is 4.84. The minimum absolute atomic E-state index is 0.0452. The number of aryl methyl sites for hydroxylation is 1. The lowest BCUT2D eigenvalue weighted by Crippen LogP contribution is -2.09. The van der Waals surface area contributed by atoms with Crippen LogP contribution >= 0.6 is 0 Å². The van der Waals surface area contributed by atoms with Crippen molar-refractivity contribution >= 4 is 5.78 Å². The number of hydrogen-bond acceptors (Lipinski definition) is 3. The van der Waals surface area contributed by atoms with Crippen LogP contribution in [0.3, 0.4) is 0 Å². The number of fused-ring (bicyclic) bond motifs is 1. The maximum Gasteiger partial charge on any atom is 0.215 e. The summed E-state index contributed by atoms with van der Waals surface area (Å²) in [5.41, 5.74) is 3.25. The number of benzene rings is 1. The first kappa shape index (κ1) is 11.9. The Morgan fingerprint density at radius 2 is 2.21 bits per heavy atom. The van der Waals surface area contributed by atoms with Gasteiger partial charge in [0.05, 0.1) is 12.2 Å². The Labute approximate surface area is 112 Å². The quantitative estimate of drug-likeness (QED) is 0.790. The summed E-state index contributed by atoms with van der Waals surface area (Å²) < 4.78 is 5.60. The number of pyridine rings is 1. The molecule has 1 aliphatic heterocycles. The molecule has 3 heteroatoms. The smallest absolute Gasteiger partial charge is 0.215 e. The third-order valence-electron chi connectivity index (χ3n) is 3.45. The van der Waals surface area contributed by atoms with E-state index in [0.29, 0.717) is 17.9 Å². The lowest BCUT2D eigenvalue weighted by atomic mass is 9.99. The van der Waals surface area contributed by atoms with Crippen LogP contribution in [0.1, 0.15) is 34.1 Å². The number of hydrogen-bond donors (Lipinski definition) is 0. The van der Waals surface area contributed by atoms with Gasteiger partial charge in [-0.15, -0.1) is 0 Å². The SMILES string of the molecule is CCc1cccnc1C(=O)c1cccc2c1OCC2. The Balaban J connectivity index is 2.08. The van der Waals surface area contributed by atoms with Crippen LogP contribution in [0.5, 0.6) is 5.75 Å². The van der Waals surface area contributed by atoms with Crippen LogP contribution in [-0.4, -0.2) is 17.4 Å². The van der Waals surface area contributed by atoms with Gasteiger partial charge in [-0.2, -0.15) is 0 Å². The molecule has 3 rings (SSSR count). The maximum atomic E-state index is 12.6. The summed E-state index contributed by atoms with van der Waals surface area (Å²) in [6.45, 7) is 2.68. The molecule has 2 heterocycles. The van der Waals surface area contributed by atoms with Crippen LogP contribution in [0, 0.1) is 0 Å². The largest absolute Gasteiger partial charge is 0.492 e. The predicted molar refractivity (Wildman–Crippen MR) is 72.7 cm³/mol. The van der Waals surface area contributed by atoms with E-state index in [0.717, 1.165) is 29.7 Å². The average molecular weight is 253 g/mol. The zero-order valence-corrected chi connectivity index (χ0v) is 10.8. The number of para-hydroxylation sites is 1. The van der Waals surface area contributed by atoms with E-state index in [9.17, 15) is 4.79 Å². The van der Waals surface area contributed by atoms with Crippen molar-refractivity contribution in [1.82, 2.24) is 4.98 Å². The van der Waals surface area contributed by atoms with Crippen LogP contribution in [0.4, 0.5) is 0 Å². The fraction of sp³-hybridized carbons (Fsp3) is 0.250. The van der Waals surface area contributed by atoms with Gasteiger partial charge >= 0.3 is 0 Å². The van der Waals surface area contributed by atoms with Crippen molar-refractivity contribution in [3.05, 3.63) is 58.9 Å². The molecule has 2 aromatic rings. The van der Waals surface area contributed by atoms with Gasteiger partial charge in [-0.1, -0.05) is 25.1 Å². The first-order valence-electron chi connectivity index (χ1n) is 6.54. The number of ketones is 1. The molecule has 0 aliphatic carbocycles. The number of carbonyl (C=O) groups excluding carboxylic acids is 1. The topological polar surface area (TPSA) is 39.2 Å². The molecule has 1 aliphatic rings. The van der Waals surface area contributed by atoms with Gasteiger partial charge in [0.2, 0.25) is 5.78 Å². The Morgan fingerprint density at radius 3 is 3.05 bits per heavy atom. The molecular weight excluding hydrogens is 238 g/mol. The zero-order chi connectivity index (χ0) is 13.2. The molecule has 0 spiro atoms. The van der Waals surface area contributed by atoms with Crippen molar-refractivity contribution in [2.75, 3.05) is 6.61 Å². The lowest BCUT2D eigenvalue weighted by molar-refractivity contribution is 0.103. The first-order chi connectivity index (χ1) is 9.31. The molecule has 0 unspecified atom stereocenters. The van der Waals surface area contributed by atoms with Crippen molar-refractivity contribution in [3.63, 3.8) is 0 Å². The average Bonchev–Trinajstić information content (AvgIpc) is 2.94. The number of carbonyl (C=O) groups is 1. The summed E-state index contributed by atoms with van der Waals surface area (Å²) in [5, 5.41) is 0. The molecular formula is C16H15NO2. The number of ether oxygens (including phenoxy) is 1. The van der Waals surface area contributed by atoms with Crippen LogP contribution < -0.4 is 4.74 Å². The summed E-state index contributed by atoms with van der Waals surface area (Å²) in [4.78, 5) is 16.9. The molecule has 0 saturated heterocycles. The van der Waals surface area contributed by atoms with Crippen molar-refractivity contribution in [1.29, 1.82) is 0 Å². The van der Waals surface area contributed by atoms with Crippen molar-refractivity contribution in [3.8, 4) is 5.75 Å². The summed E-state index contributed by atoms with van der Waals surface area (Å²) in [7, 11) is 0. The fourth-order valence-electron chi connectivity index (χ4n) is 2.45. The Hall–Kier alpha value is -2.16. The van der Waals surface area contributed by atoms with E-state index < -0.39 is 0 Å². The zero-order valence-electron chi connectivity index (χ0n) is 10.8. The minimum Gasteiger partial charge on any atom is -0.492 e. The Morgan fingerprint density at radius 1 is 1.32 bits per heavy atom. The standard InChI is InChI=1S/C16H15NO2/c1-2-11-6-4-9-17-14(11)15(18)13-7-3-5-12-8-10-19-16(12)13/h3-7,9H,2,8,10H2,1H3. The van der Waals surface area contributed by atoms with Gasteiger partial charge in [0, 0.05) is 12.6 Å². The van der Waals surface area contributed by atoms with Gasteiger partial charge in [0.1, 0.15) is 11.4 Å². The van der Waals surface area contributed by atoms with Gasteiger partial charge in [-0.3, -0.25) is 9.78 Å². The van der Waals surface area contributed by atoms with E-state index in [1.54, 1.807) is 6.20 Å². The summed E-state index contributed by atoms with van der Waals surface area (Å²) in [5.74, 6) is 0.691. The molecule has 19 heavy (non-hydrogen) atoms. The van der Waals surface area contributed by atoms with E-state index >= 15 is 0 Å². The summed E-state index contributed by atoms with van der Waals surface area (Å²) >= 11 is 0. The second-order valence-corrected chi connectivity index (χ2v) is 4.59. The molecule has 0 atom stereocenters. The third-order valence-corrected chi connectivity index (χ3v) is 3.45. The van der Waals surface area contributed by atoms with Crippen LogP contribution in [0.25, 0.3) is 0 Å². The molecule has 96 valence electrons. The third kappa shape index (κ3) is 2.01. The molecule has 0 saturated carbocycles. The highest BCUT2D eigenvalue weighted by atomic mass is 16.5. The predicted octanol–water partition coefficient (Wildman–Crippen LogP) is 2.81. The Bertz CT molecular complexity index is 634. The first-order valence-corrected chi connectivity index (χ1v) is 6.54. The lowest BCUT2D eigenvalue weighted by Gasteiger charge is -2.09. The van der Waals surface area contributed by atoms with Crippen LogP contribution in [0.15, 0.2) is 36.5 Å². The van der Waals surface area contributed by atoms with E-state index in [-0.39, 0.29) is 5.78 Å². The monoisotopic (exact) mass is 253 g/mol. The van der Waals surface area contributed by atoms with Gasteiger partial charge < -0.3 is 4.74 Å².